The van der Waals surface area contributed by atoms with Crippen molar-refractivity contribution >= 4 is 22.7 Å². The molecule has 1 aliphatic carbocycles. The molecule has 2 N–H and O–H groups in total. The predicted molar refractivity (Wildman–Crippen MR) is 113 cm³/mol. The molecule has 1 heterocycles. The number of nitrogens with one attached hydrogen (secondary N) is 1. The minimum Gasteiger partial charge on any atom is -0.478 e. The van der Waals surface area contributed by atoms with E-state index in [4.69, 9.17) is 4.98 Å². The number of pyridine rings is 1. The van der Waals surface area contributed by atoms with Crippen molar-refractivity contribution in [3.63, 3.8) is 0 Å². The van der Waals surface area contributed by atoms with Crippen LogP contribution in [0.1, 0.15) is 54.2 Å². The third-order valence-corrected chi connectivity index (χ3v) is 5.88. The van der Waals surface area contributed by atoms with Gasteiger partial charge in [-0.15, -0.1) is 0 Å². The first kappa shape index (κ1) is 19.4. The second kappa shape index (κ2) is 7.14. The fourth-order valence-corrected chi connectivity index (χ4v) is 4.45. The summed E-state index contributed by atoms with van der Waals surface area (Å²) >= 11 is 0. The lowest BCUT2D eigenvalue weighted by molar-refractivity contribution is 0.0697. The molecule has 5 heteroatoms. The first-order valence-corrected chi connectivity index (χ1v) is 9.88. The first-order valence-electron chi connectivity index (χ1n) is 9.88. The summed E-state index contributed by atoms with van der Waals surface area (Å²) in [6, 6.07) is 13.7. The molecule has 2 aromatic carbocycles. The normalized spacial score (nSPS) is 17.0. The van der Waals surface area contributed by atoms with E-state index < -0.39 is 5.97 Å². The molecule has 0 amide bonds. The lowest BCUT2D eigenvalue weighted by atomic mass is 9.61. The maximum absolute atomic E-state index is 13.5. The number of hydrogen-bond donors (Lipinski definition) is 2. The summed E-state index contributed by atoms with van der Waals surface area (Å²) in [4.78, 5) is 15.9. The van der Waals surface area contributed by atoms with Gasteiger partial charge >= 0.3 is 5.97 Å². The number of fused-ring (bicyclic) bond motifs is 1. The van der Waals surface area contributed by atoms with E-state index in [2.05, 4.69) is 19.2 Å². The van der Waals surface area contributed by atoms with Gasteiger partial charge < -0.3 is 10.4 Å². The van der Waals surface area contributed by atoms with Gasteiger partial charge in [-0.2, -0.15) is 0 Å². The standard InChI is InChI=1S/C24H25FN2O2/c1-14-10-17-11-19(25)8-9-20(17)26-22(14)27-21(18-12-24(2,3)13-18)15-4-6-16(7-5-15)23(28)29/h4-11,18,21H,12-13H2,1-3H3,(H,26,27)(H,28,29)/t21-/m1/s1. The average Bonchev–Trinajstić information content (AvgIpc) is 2.64. The van der Waals surface area contributed by atoms with Crippen LogP contribution in [-0.2, 0) is 0 Å². The maximum Gasteiger partial charge on any atom is 0.335 e. The number of halogens is 1. The summed E-state index contributed by atoms with van der Waals surface area (Å²) in [5.41, 5.74) is 3.34. The third-order valence-electron chi connectivity index (χ3n) is 5.88. The molecule has 3 aromatic rings. The highest BCUT2D eigenvalue weighted by molar-refractivity contribution is 5.87. The molecule has 1 fully saturated rings. The smallest absolute Gasteiger partial charge is 0.335 e. The summed E-state index contributed by atoms with van der Waals surface area (Å²) in [6.45, 7) is 6.50. The molecule has 4 rings (SSSR count). The topological polar surface area (TPSA) is 62.2 Å². The van der Waals surface area contributed by atoms with Gasteiger partial charge in [-0.1, -0.05) is 26.0 Å². The number of benzene rings is 2. The van der Waals surface area contributed by atoms with Crippen LogP contribution in [0.5, 0.6) is 0 Å². The average molecular weight is 392 g/mol. The van der Waals surface area contributed by atoms with E-state index in [1.165, 1.54) is 12.1 Å². The first-order chi connectivity index (χ1) is 13.7. The molecular weight excluding hydrogens is 367 g/mol. The number of anilines is 1. The van der Waals surface area contributed by atoms with E-state index in [0.717, 1.165) is 40.7 Å². The van der Waals surface area contributed by atoms with Crippen molar-refractivity contribution < 1.29 is 14.3 Å². The van der Waals surface area contributed by atoms with E-state index in [1.54, 1.807) is 18.2 Å². The second-order valence-corrected chi connectivity index (χ2v) is 8.87. The Hall–Kier alpha value is -2.95. The number of carbonyl (C=O) groups is 1. The number of aryl methyl sites for hydroxylation is 1. The summed E-state index contributed by atoms with van der Waals surface area (Å²) in [5, 5.41) is 13.6. The Labute approximate surface area is 169 Å². The van der Waals surface area contributed by atoms with Gasteiger partial charge in [0.1, 0.15) is 11.6 Å². The van der Waals surface area contributed by atoms with E-state index in [0.29, 0.717) is 11.3 Å². The quantitative estimate of drug-likeness (QED) is 0.561. The Balaban J connectivity index is 1.68. The Morgan fingerprint density at radius 1 is 1.17 bits per heavy atom. The Morgan fingerprint density at radius 2 is 1.86 bits per heavy atom. The zero-order valence-corrected chi connectivity index (χ0v) is 16.9. The van der Waals surface area contributed by atoms with Gasteiger partial charge in [0.05, 0.1) is 17.1 Å². The molecule has 0 unspecified atom stereocenters. The van der Waals surface area contributed by atoms with Gasteiger partial charge in [-0.3, -0.25) is 0 Å². The summed E-state index contributed by atoms with van der Waals surface area (Å²) < 4.78 is 13.5. The molecule has 150 valence electrons. The van der Waals surface area contributed by atoms with E-state index >= 15 is 0 Å². The molecular formula is C24H25FN2O2. The molecule has 1 atom stereocenters. The van der Waals surface area contributed by atoms with Crippen molar-refractivity contribution in [2.75, 3.05) is 5.32 Å². The van der Waals surface area contributed by atoms with Crippen LogP contribution in [0, 0.1) is 24.1 Å². The zero-order chi connectivity index (χ0) is 20.8. The minimum atomic E-state index is -0.926. The van der Waals surface area contributed by atoms with Crippen LogP contribution in [0.2, 0.25) is 0 Å². The van der Waals surface area contributed by atoms with Crippen LogP contribution < -0.4 is 5.32 Å². The molecule has 1 aromatic heterocycles. The van der Waals surface area contributed by atoms with Crippen LogP contribution >= 0.6 is 0 Å². The summed E-state index contributed by atoms with van der Waals surface area (Å²) in [6.07, 6.45) is 2.17. The highest BCUT2D eigenvalue weighted by Gasteiger charge is 2.41. The zero-order valence-electron chi connectivity index (χ0n) is 16.9. The molecule has 0 aliphatic heterocycles. The highest BCUT2D eigenvalue weighted by Crippen LogP contribution is 2.51. The van der Waals surface area contributed by atoms with Gasteiger partial charge in [-0.05, 0) is 78.6 Å². The van der Waals surface area contributed by atoms with E-state index in [1.807, 2.05) is 25.1 Å². The third kappa shape index (κ3) is 3.95. The van der Waals surface area contributed by atoms with Gasteiger partial charge in [0.15, 0.2) is 0 Å². The number of carboxylic acids is 1. The summed E-state index contributed by atoms with van der Waals surface area (Å²) in [7, 11) is 0. The van der Waals surface area contributed by atoms with Crippen LogP contribution in [0.4, 0.5) is 10.2 Å². The molecule has 0 saturated heterocycles. The number of carboxylic acid groups (broad SMARTS) is 1. The SMILES string of the molecule is Cc1cc2cc(F)ccc2nc1N[C@H](c1ccc(C(=O)O)cc1)C1CC(C)(C)C1. The van der Waals surface area contributed by atoms with Crippen molar-refractivity contribution in [2.45, 2.75) is 39.7 Å². The Bertz CT molecular complexity index is 1070. The fraction of sp³-hybridized carbons (Fsp3) is 0.333. The van der Waals surface area contributed by atoms with Gasteiger partial charge in [-0.25, -0.2) is 14.2 Å². The van der Waals surface area contributed by atoms with Crippen molar-refractivity contribution in [1.29, 1.82) is 0 Å². The van der Waals surface area contributed by atoms with Crippen molar-refractivity contribution in [3.8, 4) is 0 Å². The molecule has 0 bridgehead atoms. The van der Waals surface area contributed by atoms with E-state index in [-0.39, 0.29) is 17.4 Å². The van der Waals surface area contributed by atoms with Crippen LogP contribution in [0.25, 0.3) is 10.9 Å². The van der Waals surface area contributed by atoms with Gasteiger partial charge in [0.25, 0.3) is 0 Å². The van der Waals surface area contributed by atoms with Gasteiger partial charge in [0, 0.05) is 5.39 Å². The molecule has 0 spiro atoms. The van der Waals surface area contributed by atoms with Crippen molar-refractivity contribution in [2.24, 2.45) is 11.3 Å². The molecule has 29 heavy (non-hydrogen) atoms. The molecule has 1 saturated carbocycles. The van der Waals surface area contributed by atoms with Crippen LogP contribution in [0.15, 0.2) is 48.5 Å². The highest BCUT2D eigenvalue weighted by atomic mass is 19.1. The van der Waals surface area contributed by atoms with Crippen LogP contribution in [-0.4, -0.2) is 16.1 Å². The van der Waals surface area contributed by atoms with Gasteiger partial charge in [0.2, 0.25) is 0 Å². The number of hydrogen-bond acceptors (Lipinski definition) is 3. The predicted octanol–water partition coefficient (Wildman–Crippen LogP) is 5.97. The second-order valence-electron chi connectivity index (χ2n) is 8.87. The van der Waals surface area contributed by atoms with Crippen molar-refractivity contribution in [1.82, 2.24) is 4.98 Å². The fourth-order valence-electron chi connectivity index (χ4n) is 4.45. The molecule has 4 nitrogen and oxygen atoms in total. The largest absolute Gasteiger partial charge is 0.478 e. The van der Waals surface area contributed by atoms with Crippen molar-refractivity contribution in [3.05, 3.63) is 71.0 Å². The minimum absolute atomic E-state index is 0.0370. The lowest BCUT2D eigenvalue weighted by Crippen LogP contribution is -2.38. The van der Waals surface area contributed by atoms with Crippen LogP contribution in [0.3, 0.4) is 0 Å². The maximum atomic E-state index is 13.5. The number of aromatic carboxylic acids is 1. The Kier molecular flexibility index (Phi) is 4.77. The number of nitrogens with zero attached hydrogens (tertiary/aromatic N) is 1. The van der Waals surface area contributed by atoms with E-state index in [9.17, 15) is 14.3 Å². The molecule has 1 aliphatic rings. The molecule has 0 radical (unpaired) electrons. The number of rotatable bonds is 5. The monoisotopic (exact) mass is 392 g/mol. The number of aromatic nitrogens is 1. The lowest BCUT2D eigenvalue weighted by Gasteiger charge is -2.47. The summed E-state index contributed by atoms with van der Waals surface area (Å²) in [5.74, 6) is 0.0181. The Morgan fingerprint density at radius 3 is 2.48 bits per heavy atom.